The third kappa shape index (κ3) is 3.93. The van der Waals surface area contributed by atoms with Crippen LogP contribution < -0.4 is 15.8 Å². The Kier molecular flexibility index (Phi) is 4.73. The van der Waals surface area contributed by atoms with Crippen molar-refractivity contribution < 1.29 is 9.53 Å². The normalized spacial score (nSPS) is 11.0. The van der Waals surface area contributed by atoms with Crippen LogP contribution in [-0.2, 0) is 4.79 Å². The molecular formula is C15H15N3O2S. The highest BCUT2D eigenvalue weighted by Gasteiger charge is 2.13. The van der Waals surface area contributed by atoms with Crippen molar-refractivity contribution in [1.29, 1.82) is 5.41 Å². The van der Waals surface area contributed by atoms with E-state index in [-0.39, 0.29) is 5.96 Å². The van der Waals surface area contributed by atoms with E-state index in [1.807, 2.05) is 41.1 Å². The lowest BCUT2D eigenvalue weighted by atomic mass is 10.0. The molecule has 1 aromatic heterocycles. The minimum Gasteiger partial charge on any atom is -0.497 e. The number of ether oxygens (including phenoxy) is 1. The highest BCUT2D eigenvalue weighted by Crippen LogP contribution is 2.22. The van der Waals surface area contributed by atoms with Crippen molar-refractivity contribution in [3.8, 4) is 5.75 Å². The van der Waals surface area contributed by atoms with Crippen LogP contribution in [0.15, 0.2) is 41.1 Å². The van der Waals surface area contributed by atoms with Crippen molar-refractivity contribution in [2.75, 3.05) is 7.11 Å². The molecule has 0 atom stereocenters. The molecule has 0 spiro atoms. The number of rotatable bonds is 4. The standard InChI is InChI=1S/C15H15N3O2S/c1-20-12-4-2-3-10(7-12)8-13(11-5-6-21-9-11)14(19)18-15(16)17/h2-9H,1H3,(H4,16,17,18,19)/b13-8+. The van der Waals surface area contributed by atoms with E-state index in [2.05, 4.69) is 5.32 Å². The largest absolute Gasteiger partial charge is 0.497 e. The number of hydrogen-bond acceptors (Lipinski definition) is 4. The highest BCUT2D eigenvalue weighted by molar-refractivity contribution is 7.08. The predicted molar refractivity (Wildman–Crippen MR) is 85.2 cm³/mol. The van der Waals surface area contributed by atoms with Crippen LogP contribution in [0.1, 0.15) is 11.1 Å². The maximum Gasteiger partial charge on any atom is 0.258 e. The second-order valence-corrected chi connectivity index (χ2v) is 4.99. The van der Waals surface area contributed by atoms with Crippen LogP contribution in [0, 0.1) is 5.41 Å². The zero-order valence-electron chi connectivity index (χ0n) is 11.4. The number of thiophene rings is 1. The van der Waals surface area contributed by atoms with Crippen LogP contribution in [0.2, 0.25) is 0 Å². The Morgan fingerprint density at radius 2 is 2.24 bits per heavy atom. The fourth-order valence-electron chi connectivity index (χ4n) is 1.79. The SMILES string of the molecule is COc1cccc(/C=C(/C(=O)NC(=N)N)c2ccsc2)c1. The summed E-state index contributed by atoms with van der Waals surface area (Å²) in [6.45, 7) is 0. The van der Waals surface area contributed by atoms with Crippen LogP contribution >= 0.6 is 11.3 Å². The maximum atomic E-state index is 12.2. The first-order chi connectivity index (χ1) is 10.1. The molecule has 1 heterocycles. The quantitative estimate of drug-likeness (QED) is 0.460. The fraction of sp³-hybridized carbons (Fsp3) is 0.0667. The van der Waals surface area contributed by atoms with E-state index in [1.165, 1.54) is 11.3 Å². The minimum atomic E-state index is -0.413. The van der Waals surface area contributed by atoms with Crippen molar-refractivity contribution in [3.63, 3.8) is 0 Å². The minimum absolute atomic E-state index is 0.383. The summed E-state index contributed by atoms with van der Waals surface area (Å²) in [6.07, 6.45) is 1.74. The summed E-state index contributed by atoms with van der Waals surface area (Å²) >= 11 is 1.49. The average molecular weight is 301 g/mol. The highest BCUT2D eigenvalue weighted by atomic mass is 32.1. The van der Waals surface area contributed by atoms with E-state index < -0.39 is 5.91 Å². The van der Waals surface area contributed by atoms with Gasteiger partial charge in [0.2, 0.25) is 0 Å². The van der Waals surface area contributed by atoms with Gasteiger partial charge in [0.25, 0.3) is 5.91 Å². The van der Waals surface area contributed by atoms with E-state index >= 15 is 0 Å². The summed E-state index contributed by atoms with van der Waals surface area (Å²) in [5.74, 6) is -0.0871. The van der Waals surface area contributed by atoms with Crippen molar-refractivity contribution in [2.24, 2.45) is 5.73 Å². The van der Waals surface area contributed by atoms with Gasteiger partial charge in [-0.3, -0.25) is 15.5 Å². The van der Waals surface area contributed by atoms with Crippen molar-refractivity contribution in [3.05, 3.63) is 52.2 Å². The Labute approximate surface area is 126 Å². The van der Waals surface area contributed by atoms with Gasteiger partial charge in [-0.2, -0.15) is 11.3 Å². The maximum absolute atomic E-state index is 12.2. The number of methoxy groups -OCH3 is 1. The first kappa shape index (κ1) is 14.8. The lowest BCUT2D eigenvalue weighted by molar-refractivity contribution is -0.114. The Morgan fingerprint density at radius 3 is 2.86 bits per heavy atom. The monoisotopic (exact) mass is 301 g/mol. The van der Waals surface area contributed by atoms with Gasteiger partial charge >= 0.3 is 0 Å². The van der Waals surface area contributed by atoms with Gasteiger partial charge in [0.1, 0.15) is 5.75 Å². The molecule has 5 nitrogen and oxygen atoms in total. The third-order valence-electron chi connectivity index (χ3n) is 2.73. The molecule has 4 N–H and O–H groups in total. The Morgan fingerprint density at radius 1 is 1.43 bits per heavy atom. The van der Waals surface area contributed by atoms with E-state index in [4.69, 9.17) is 15.9 Å². The summed E-state index contributed by atoms with van der Waals surface area (Å²) in [5.41, 5.74) is 7.28. The third-order valence-corrected chi connectivity index (χ3v) is 3.41. The van der Waals surface area contributed by atoms with Crippen LogP contribution in [0.25, 0.3) is 11.6 Å². The molecule has 0 saturated heterocycles. The number of carbonyl (C=O) groups excluding carboxylic acids is 1. The predicted octanol–water partition coefficient (Wildman–Crippen LogP) is 2.31. The van der Waals surface area contributed by atoms with E-state index in [0.717, 1.165) is 11.1 Å². The topological polar surface area (TPSA) is 88.2 Å². The number of guanidine groups is 1. The van der Waals surface area contributed by atoms with Crippen molar-refractivity contribution in [1.82, 2.24) is 5.32 Å². The average Bonchev–Trinajstić information content (AvgIpc) is 2.98. The number of benzene rings is 1. The summed E-state index contributed by atoms with van der Waals surface area (Å²) in [5, 5.41) is 13.2. The molecule has 1 aromatic carbocycles. The molecule has 0 aliphatic rings. The van der Waals surface area contributed by atoms with Gasteiger partial charge in [0, 0.05) is 5.57 Å². The Hall–Kier alpha value is -2.60. The second-order valence-electron chi connectivity index (χ2n) is 4.21. The smallest absolute Gasteiger partial charge is 0.258 e. The van der Waals surface area contributed by atoms with Crippen LogP contribution in [-0.4, -0.2) is 19.0 Å². The van der Waals surface area contributed by atoms with Gasteiger partial charge in [-0.25, -0.2) is 0 Å². The van der Waals surface area contributed by atoms with Gasteiger partial charge in [0.05, 0.1) is 7.11 Å². The first-order valence-corrected chi connectivity index (χ1v) is 7.08. The molecule has 2 rings (SSSR count). The zero-order valence-corrected chi connectivity index (χ0v) is 12.2. The molecule has 0 radical (unpaired) electrons. The van der Waals surface area contributed by atoms with Crippen molar-refractivity contribution >= 4 is 34.9 Å². The lowest BCUT2D eigenvalue weighted by Crippen LogP contribution is -2.36. The molecule has 2 aromatic rings. The second kappa shape index (κ2) is 6.71. The Balaban J connectivity index is 2.41. The summed E-state index contributed by atoms with van der Waals surface area (Å²) in [4.78, 5) is 12.2. The molecule has 108 valence electrons. The Bertz CT molecular complexity index is 678. The van der Waals surface area contributed by atoms with Gasteiger partial charge in [-0.15, -0.1) is 0 Å². The first-order valence-electron chi connectivity index (χ1n) is 6.14. The van der Waals surface area contributed by atoms with Crippen LogP contribution in [0.4, 0.5) is 0 Å². The molecule has 0 aliphatic heterocycles. The number of amides is 1. The fourth-order valence-corrected chi connectivity index (χ4v) is 2.44. The lowest BCUT2D eigenvalue weighted by Gasteiger charge is -2.07. The summed E-state index contributed by atoms with van der Waals surface area (Å²) in [7, 11) is 1.59. The van der Waals surface area contributed by atoms with Gasteiger partial charge in [-0.1, -0.05) is 12.1 Å². The van der Waals surface area contributed by atoms with E-state index in [9.17, 15) is 4.79 Å². The zero-order chi connectivity index (χ0) is 15.2. The molecule has 1 amide bonds. The van der Waals surface area contributed by atoms with Gasteiger partial charge in [-0.05, 0) is 46.2 Å². The summed E-state index contributed by atoms with van der Waals surface area (Å²) in [6, 6.07) is 9.22. The molecule has 0 saturated carbocycles. The van der Waals surface area contributed by atoms with E-state index in [0.29, 0.717) is 11.3 Å². The van der Waals surface area contributed by atoms with Gasteiger partial charge in [0.15, 0.2) is 5.96 Å². The van der Waals surface area contributed by atoms with Gasteiger partial charge < -0.3 is 10.5 Å². The molecule has 21 heavy (non-hydrogen) atoms. The van der Waals surface area contributed by atoms with Crippen LogP contribution in [0.3, 0.4) is 0 Å². The molecule has 0 unspecified atom stereocenters. The number of hydrogen-bond donors (Lipinski definition) is 3. The molecule has 0 fully saturated rings. The molecule has 6 heteroatoms. The number of nitrogens with one attached hydrogen (secondary N) is 2. The number of carbonyl (C=O) groups is 1. The molecule has 0 bridgehead atoms. The van der Waals surface area contributed by atoms with Crippen LogP contribution in [0.5, 0.6) is 5.75 Å². The van der Waals surface area contributed by atoms with Crippen molar-refractivity contribution in [2.45, 2.75) is 0 Å². The summed E-state index contributed by atoms with van der Waals surface area (Å²) < 4.78 is 5.17. The molecular weight excluding hydrogens is 286 g/mol. The number of nitrogens with two attached hydrogens (primary N) is 1. The van der Waals surface area contributed by atoms with E-state index in [1.54, 1.807) is 13.2 Å². The molecule has 0 aliphatic carbocycles.